The van der Waals surface area contributed by atoms with Gasteiger partial charge in [0.1, 0.15) is 6.61 Å². The molecule has 29 heavy (non-hydrogen) atoms. The van der Waals surface area contributed by atoms with E-state index in [4.69, 9.17) is 9.47 Å². The maximum atomic E-state index is 12.4. The smallest absolute Gasteiger partial charge is 0.293 e. The Balaban J connectivity index is 1.77. The third kappa shape index (κ3) is 5.54. The normalized spacial score (nSPS) is 15.3. The third-order valence-electron chi connectivity index (χ3n) is 4.19. The molecule has 2 aromatic carbocycles. The van der Waals surface area contributed by atoms with E-state index in [-0.39, 0.29) is 11.1 Å². The summed E-state index contributed by atoms with van der Waals surface area (Å²) in [5.74, 6) is 1.01. The van der Waals surface area contributed by atoms with E-state index < -0.39 is 0 Å². The molecular weight excluding hydrogens is 501 g/mol. The first kappa shape index (κ1) is 21.7. The molecule has 1 heterocycles. The summed E-state index contributed by atoms with van der Waals surface area (Å²) in [7, 11) is 0. The molecule has 1 aliphatic heterocycles. The number of amides is 2. The maximum Gasteiger partial charge on any atom is 0.293 e. The predicted octanol–water partition coefficient (Wildman–Crippen LogP) is 5.72. The zero-order valence-electron chi connectivity index (χ0n) is 16.3. The van der Waals surface area contributed by atoms with Crippen molar-refractivity contribution in [2.24, 2.45) is 0 Å². The van der Waals surface area contributed by atoms with Crippen molar-refractivity contribution in [3.8, 4) is 11.5 Å². The number of carbonyl (C=O) groups is 2. The molecule has 0 unspecified atom stereocenters. The lowest BCUT2D eigenvalue weighted by Gasteiger charge is -2.13. The highest BCUT2D eigenvalue weighted by Crippen LogP contribution is 2.35. The number of thioether (sulfide) groups is 1. The molecule has 0 aromatic heterocycles. The zero-order chi connectivity index (χ0) is 20.8. The van der Waals surface area contributed by atoms with E-state index in [2.05, 4.69) is 22.6 Å². The van der Waals surface area contributed by atoms with E-state index in [1.54, 1.807) is 6.08 Å². The number of rotatable bonds is 8. The van der Waals surface area contributed by atoms with Gasteiger partial charge < -0.3 is 9.47 Å². The quantitative estimate of drug-likeness (QED) is 0.328. The summed E-state index contributed by atoms with van der Waals surface area (Å²) in [6.45, 7) is 5.22. The fraction of sp³-hybridized carbons (Fsp3) is 0.273. The average Bonchev–Trinajstić information content (AvgIpc) is 2.97. The molecule has 0 radical (unpaired) electrons. The Labute approximate surface area is 188 Å². The highest BCUT2D eigenvalue weighted by atomic mass is 127. The number of hydrogen-bond acceptors (Lipinski definition) is 5. The molecule has 0 bridgehead atoms. The highest BCUT2D eigenvalue weighted by molar-refractivity contribution is 14.1. The second kappa shape index (κ2) is 10.2. The zero-order valence-corrected chi connectivity index (χ0v) is 19.3. The summed E-state index contributed by atoms with van der Waals surface area (Å²) in [5, 5.41) is -0.217. The van der Waals surface area contributed by atoms with E-state index in [1.165, 1.54) is 8.47 Å². The second-order valence-corrected chi connectivity index (χ2v) is 8.63. The number of nitrogens with zero attached hydrogens (tertiary/aromatic N) is 1. The summed E-state index contributed by atoms with van der Waals surface area (Å²) in [5.41, 5.74) is 1.86. The van der Waals surface area contributed by atoms with Crippen LogP contribution in [0.25, 0.3) is 6.08 Å². The van der Waals surface area contributed by atoms with Crippen LogP contribution >= 0.6 is 34.4 Å². The SMILES string of the molecule is CCCN1C(=O)S/C(=C/c2ccc(OCc3ccc(I)cc3)c(OCC)c2)C1=O. The van der Waals surface area contributed by atoms with E-state index >= 15 is 0 Å². The van der Waals surface area contributed by atoms with Gasteiger partial charge in [0, 0.05) is 10.1 Å². The van der Waals surface area contributed by atoms with Gasteiger partial charge in [0.25, 0.3) is 11.1 Å². The minimum absolute atomic E-state index is 0.217. The summed E-state index contributed by atoms with van der Waals surface area (Å²) in [4.78, 5) is 26.2. The average molecular weight is 523 g/mol. The molecule has 7 heteroatoms. The number of halogens is 1. The third-order valence-corrected chi connectivity index (χ3v) is 5.82. The van der Waals surface area contributed by atoms with Gasteiger partial charge in [-0.05, 0) is 89.2 Å². The minimum atomic E-state index is -0.237. The molecule has 2 aromatic rings. The van der Waals surface area contributed by atoms with Gasteiger partial charge in [-0.3, -0.25) is 14.5 Å². The Morgan fingerprint density at radius 1 is 1.03 bits per heavy atom. The van der Waals surface area contributed by atoms with Gasteiger partial charge in [0.15, 0.2) is 11.5 Å². The maximum absolute atomic E-state index is 12.4. The van der Waals surface area contributed by atoms with E-state index in [1.807, 2.05) is 56.3 Å². The number of ether oxygens (including phenoxy) is 2. The van der Waals surface area contributed by atoms with E-state index in [9.17, 15) is 9.59 Å². The Morgan fingerprint density at radius 2 is 1.79 bits per heavy atom. The summed E-state index contributed by atoms with van der Waals surface area (Å²) < 4.78 is 12.9. The first-order valence-corrected chi connectivity index (χ1v) is 11.3. The molecular formula is C22H22INO4S. The van der Waals surface area contributed by atoms with Crippen LogP contribution in [0, 0.1) is 3.57 Å². The van der Waals surface area contributed by atoms with Gasteiger partial charge in [-0.25, -0.2) is 0 Å². The van der Waals surface area contributed by atoms with Crippen LogP contribution in [0.15, 0.2) is 47.4 Å². The standard InChI is InChI=1S/C22H22INO4S/c1-3-11-24-21(25)20(29-22(24)26)13-16-7-10-18(19(12-16)27-4-2)28-14-15-5-8-17(23)9-6-15/h5-10,12-13H,3-4,11,14H2,1-2H3/b20-13+. The van der Waals surface area contributed by atoms with Gasteiger partial charge >= 0.3 is 0 Å². The van der Waals surface area contributed by atoms with Gasteiger partial charge in [0.2, 0.25) is 0 Å². The van der Waals surface area contributed by atoms with Crippen LogP contribution in [0.1, 0.15) is 31.4 Å². The fourth-order valence-corrected chi connectivity index (χ4v) is 4.04. The molecule has 0 spiro atoms. The van der Waals surface area contributed by atoms with Crippen molar-refractivity contribution in [2.45, 2.75) is 26.9 Å². The number of imide groups is 1. The number of hydrogen-bond donors (Lipinski definition) is 0. The van der Waals surface area contributed by atoms with Crippen LogP contribution in [0.2, 0.25) is 0 Å². The fourth-order valence-electron chi connectivity index (χ4n) is 2.81. The topological polar surface area (TPSA) is 55.8 Å². The van der Waals surface area contributed by atoms with Crippen LogP contribution < -0.4 is 9.47 Å². The van der Waals surface area contributed by atoms with Crippen molar-refractivity contribution < 1.29 is 19.1 Å². The van der Waals surface area contributed by atoms with Crippen molar-refractivity contribution in [1.82, 2.24) is 4.90 Å². The van der Waals surface area contributed by atoms with Crippen molar-refractivity contribution >= 4 is 51.6 Å². The van der Waals surface area contributed by atoms with Crippen LogP contribution in [0.5, 0.6) is 11.5 Å². The molecule has 2 amide bonds. The summed E-state index contributed by atoms with van der Waals surface area (Å²) >= 11 is 3.24. The Kier molecular flexibility index (Phi) is 7.60. The van der Waals surface area contributed by atoms with Gasteiger partial charge in [-0.15, -0.1) is 0 Å². The van der Waals surface area contributed by atoms with Crippen molar-refractivity contribution in [3.63, 3.8) is 0 Å². The molecule has 5 nitrogen and oxygen atoms in total. The second-order valence-electron chi connectivity index (χ2n) is 6.39. The van der Waals surface area contributed by atoms with E-state index in [0.29, 0.717) is 36.2 Å². The van der Waals surface area contributed by atoms with Crippen LogP contribution in [0.4, 0.5) is 4.79 Å². The predicted molar refractivity (Wildman–Crippen MR) is 124 cm³/mol. The largest absolute Gasteiger partial charge is 0.490 e. The van der Waals surface area contributed by atoms with Crippen molar-refractivity contribution in [2.75, 3.05) is 13.2 Å². The molecule has 0 N–H and O–H groups in total. The monoisotopic (exact) mass is 523 g/mol. The number of carbonyl (C=O) groups excluding carboxylic acids is 2. The van der Waals surface area contributed by atoms with Crippen LogP contribution in [-0.4, -0.2) is 29.2 Å². The lowest BCUT2D eigenvalue weighted by Crippen LogP contribution is -2.28. The lowest BCUT2D eigenvalue weighted by atomic mass is 10.1. The Morgan fingerprint density at radius 3 is 2.48 bits per heavy atom. The highest BCUT2D eigenvalue weighted by Gasteiger charge is 2.34. The molecule has 0 atom stereocenters. The first-order chi connectivity index (χ1) is 14.0. The number of benzene rings is 2. The lowest BCUT2D eigenvalue weighted by molar-refractivity contribution is -0.122. The van der Waals surface area contributed by atoms with E-state index in [0.717, 1.165) is 29.3 Å². The van der Waals surface area contributed by atoms with Gasteiger partial charge in [-0.1, -0.05) is 25.1 Å². The minimum Gasteiger partial charge on any atom is -0.490 e. The first-order valence-electron chi connectivity index (χ1n) is 9.41. The Hall–Kier alpha value is -2.00. The van der Waals surface area contributed by atoms with Gasteiger partial charge in [-0.2, -0.15) is 0 Å². The molecule has 3 rings (SSSR count). The summed E-state index contributed by atoms with van der Waals surface area (Å²) in [6.07, 6.45) is 2.47. The van der Waals surface area contributed by atoms with Crippen LogP contribution in [0.3, 0.4) is 0 Å². The molecule has 1 fully saturated rings. The molecule has 152 valence electrons. The van der Waals surface area contributed by atoms with Crippen LogP contribution in [-0.2, 0) is 11.4 Å². The molecule has 1 aliphatic rings. The van der Waals surface area contributed by atoms with Crippen molar-refractivity contribution in [1.29, 1.82) is 0 Å². The summed E-state index contributed by atoms with van der Waals surface area (Å²) in [6, 6.07) is 13.7. The molecule has 1 saturated heterocycles. The van der Waals surface area contributed by atoms with Gasteiger partial charge in [0.05, 0.1) is 11.5 Å². The van der Waals surface area contributed by atoms with Crippen molar-refractivity contribution in [3.05, 3.63) is 62.1 Å². The molecule has 0 aliphatic carbocycles. The molecule has 0 saturated carbocycles. The Bertz CT molecular complexity index is 927.